The highest BCUT2D eigenvalue weighted by atomic mass is 16.3. The van der Waals surface area contributed by atoms with E-state index in [1.165, 1.54) is 0 Å². The van der Waals surface area contributed by atoms with E-state index in [2.05, 4.69) is 27.5 Å². The summed E-state index contributed by atoms with van der Waals surface area (Å²) in [6, 6.07) is 13.6. The number of unbranched alkanes of at least 4 members (excludes halogenated alkanes) is 1. The van der Waals surface area contributed by atoms with E-state index in [9.17, 15) is 5.11 Å². The molecule has 0 fully saturated rings. The van der Waals surface area contributed by atoms with Crippen LogP contribution in [0.5, 0.6) is 5.75 Å². The highest BCUT2D eigenvalue weighted by molar-refractivity contribution is 5.86. The molecule has 3 aromatic rings. The van der Waals surface area contributed by atoms with E-state index in [4.69, 9.17) is 0 Å². The molecule has 0 aliphatic carbocycles. The Morgan fingerprint density at radius 1 is 1.22 bits per heavy atom. The van der Waals surface area contributed by atoms with Crippen LogP contribution >= 0.6 is 0 Å². The maximum atomic E-state index is 10.0. The van der Waals surface area contributed by atoms with E-state index in [0.29, 0.717) is 11.5 Å². The zero-order chi connectivity index (χ0) is 16.2. The van der Waals surface area contributed by atoms with Crippen LogP contribution in [0.3, 0.4) is 0 Å². The number of phenols is 1. The Labute approximate surface area is 136 Å². The lowest BCUT2D eigenvalue weighted by Crippen LogP contribution is -1.97. The van der Waals surface area contributed by atoms with Gasteiger partial charge in [-0.25, -0.2) is 9.98 Å². The highest BCUT2D eigenvalue weighted by Gasteiger charge is 2.09. The van der Waals surface area contributed by atoms with Gasteiger partial charge in [0.2, 0.25) is 5.95 Å². The van der Waals surface area contributed by atoms with Crippen molar-refractivity contribution in [3.63, 3.8) is 0 Å². The van der Waals surface area contributed by atoms with Gasteiger partial charge in [0.25, 0.3) is 0 Å². The van der Waals surface area contributed by atoms with Crippen LogP contribution in [0.15, 0.2) is 47.5 Å². The van der Waals surface area contributed by atoms with Gasteiger partial charge in [-0.15, -0.1) is 0 Å². The van der Waals surface area contributed by atoms with Crippen LogP contribution in [0.1, 0.15) is 30.9 Å². The van der Waals surface area contributed by atoms with Crippen molar-refractivity contribution in [2.24, 2.45) is 4.99 Å². The van der Waals surface area contributed by atoms with Crippen LogP contribution in [0, 0.1) is 6.92 Å². The van der Waals surface area contributed by atoms with Crippen molar-refractivity contribution in [3.8, 4) is 5.75 Å². The second-order valence-electron chi connectivity index (χ2n) is 5.73. The van der Waals surface area contributed by atoms with Gasteiger partial charge in [0, 0.05) is 18.3 Å². The number of para-hydroxylation sites is 2. The lowest BCUT2D eigenvalue weighted by atomic mass is 10.1. The van der Waals surface area contributed by atoms with Crippen molar-refractivity contribution in [1.29, 1.82) is 0 Å². The number of benzene rings is 2. The van der Waals surface area contributed by atoms with Gasteiger partial charge in [0.05, 0.1) is 11.0 Å². The van der Waals surface area contributed by atoms with Crippen LogP contribution in [0.2, 0.25) is 0 Å². The molecule has 1 N–H and O–H groups in total. The maximum Gasteiger partial charge on any atom is 0.230 e. The average molecular weight is 307 g/mol. The molecule has 4 heteroatoms. The van der Waals surface area contributed by atoms with Crippen molar-refractivity contribution in [2.75, 3.05) is 0 Å². The number of phenolic OH excluding ortho intramolecular Hbond substituents is 1. The summed E-state index contributed by atoms with van der Waals surface area (Å²) in [6.07, 6.45) is 3.88. The number of hydrogen-bond donors (Lipinski definition) is 1. The monoisotopic (exact) mass is 307 g/mol. The fraction of sp³-hybridized carbons (Fsp3) is 0.263. The first-order chi connectivity index (χ1) is 11.2. The molecule has 0 spiro atoms. The topological polar surface area (TPSA) is 50.4 Å². The molecular weight excluding hydrogens is 286 g/mol. The van der Waals surface area contributed by atoms with E-state index in [1.54, 1.807) is 12.3 Å². The number of aryl methyl sites for hydroxylation is 2. The number of aromatic hydroxyl groups is 1. The number of fused-ring (bicyclic) bond motifs is 1. The second-order valence-corrected chi connectivity index (χ2v) is 5.73. The summed E-state index contributed by atoms with van der Waals surface area (Å²) in [5, 5.41) is 10.0. The van der Waals surface area contributed by atoms with Gasteiger partial charge in [-0.3, -0.25) is 0 Å². The number of imidazole rings is 1. The molecular formula is C19H21N3O. The molecule has 0 saturated heterocycles. The van der Waals surface area contributed by atoms with Gasteiger partial charge in [-0.05, 0) is 43.2 Å². The number of rotatable bonds is 5. The van der Waals surface area contributed by atoms with Crippen LogP contribution in [0.4, 0.5) is 5.95 Å². The van der Waals surface area contributed by atoms with Gasteiger partial charge in [0.15, 0.2) is 0 Å². The smallest absolute Gasteiger partial charge is 0.230 e. The quantitative estimate of drug-likeness (QED) is 0.700. The predicted molar refractivity (Wildman–Crippen MR) is 94.7 cm³/mol. The lowest BCUT2D eigenvalue weighted by molar-refractivity contribution is 0.474. The normalized spacial score (nSPS) is 11.6. The number of hydrogen-bond acceptors (Lipinski definition) is 3. The van der Waals surface area contributed by atoms with Crippen molar-refractivity contribution in [3.05, 3.63) is 53.6 Å². The van der Waals surface area contributed by atoms with Crippen molar-refractivity contribution in [1.82, 2.24) is 9.55 Å². The molecule has 23 heavy (non-hydrogen) atoms. The summed E-state index contributed by atoms with van der Waals surface area (Å²) in [5.74, 6) is 0.921. The Kier molecular flexibility index (Phi) is 4.42. The molecule has 0 atom stereocenters. The molecule has 0 bridgehead atoms. The van der Waals surface area contributed by atoms with E-state index in [0.717, 1.165) is 36.0 Å². The highest BCUT2D eigenvalue weighted by Crippen LogP contribution is 2.23. The molecule has 0 saturated carbocycles. The van der Waals surface area contributed by atoms with E-state index >= 15 is 0 Å². The van der Waals surface area contributed by atoms with Gasteiger partial charge in [-0.1, -0.05) is 31.5 Å². The Morgan fingerprint density at radius 2 is 2.04 bits per heavy atom. The van der Waals surface area contributed by atoms with Crippen LogP contribution in [0.25, 0.3) is 11.0 Å². The summed E-state index contributed by atoms with van der Waals surface area (Å²) in [7, 11) is 0. The summed E-state index contributed by atoms with van der Waals surface area (Å²) < 4.78 is 2.14. The largest absolute Gasteiger partial charge is 0.507 e. The predicted octanol–water partition coefficient (Wildman–Crippen LogP) is 4.60. The lowest BCUT2D eigenvalue weighted by Gasteiger charge is -2.05. The van der Waals surface area contributed by atoms with Crippen molar-refractivity contribution < 1.29 is 5.11 Å². The third-order valence-electron chi connectivity index (χ3n) is 3.87. The first-order valence-electron chi connectivity index (χ1n) is 7.98. The van der Waals surface area contributed by atoms with Crippen LogP contribution < -0.4 is 0 Å². The maximum absolute atomic E-state index is 10.0. The van der Waals surface area contributed by atoms with Gasteiger partial charge < -0.3 is 9.67 Å². The van der Waals surface area contributed by atoms with Gasteiger partial charge >= 0.3 is 0 Å². The molecule has 0 radical (unpaired) electrons. The Morgan fingerprint density at radius 3 is 2.83 bits per heavy atom. The van der Waals surface area contributed by atoms with E-state index < -0.39 is 0 Å². The summed E-state index contributed by atoms with van der Waals surface area (Å²) in [5.41, 5.74) is 3.77. The molecule has 118 valence electrons. The standard InChI is InChI=1S/C19H21N3O/c1-3-4-11-22-17-8-6-5-7-16(17)21-19(22)20-13-15-10-9-14(2)12-18(15)23/h5-10,12-13,23H,3-4,11H2,1-2H3. The molecule has 0 amide bonds. The third kappa shape index (κ3) is 3.26. The SMILES string of the molecule is CCCCn1c(N=Cc2ccc(C)cc2O)nc2ccccc21. The molecule has 2 aromatic carbocycles. The van der Waals surface area contributed by atoms with E-state index in [1.807, 2.05) is 37.3 Å². The second kappa shape index (κ2) is 6.65. The molecule has 4 nitrogen and oxygen atoms in total. The fourth-order valence-electron chi connectivity index (χ4n) is 2.59. The molecule has 3 rings (SSSR count). The number of nitrogens with zero attached hydrogens (tertiary/aromatic N) is 3. The molecule has 0 aliphatic heterocycles. The number of aromatic nitrogens is 2. The average Bonchev–Trinajstić information content (AvgIpc) is 2.89. The first-order valence-corrected chi connectivity index (χ1v) is 7.98. The Balaban J connectivity index is 1.99. The van der Waals surface area contributed by atoms with E-state index in [-0.39, 0.29) is 5.75 Å². The first kappa shape index (κ1) is 15.3. The molecule has 0 aliphatic rings. The fourth-order valence-corrected chi connectivity index (χ4v) is 2.59. The van der Waals surface area contributed by atoms with Crippen molar-refractivity contribution in [2.45, 2.75) is 33.2 Å². The summed E-state index contributed by atoms with van der Waals surface area (Å²) >= 11 is 0. The van der Waals surface area contributed by atoms with Crippen LogP contribution in [-0.2, 0) is 6.54 Å². The molecule has 1 aromatic heterocycles. The Bertz CT molecular complexity index is 849. The molecule has 0 unspecified atom stereocenters. The molecule has 1 heterocycles. The minimum Gasteiger partial charge on any atom is -0.507 e. The minimum absolute atomic E-state index is 0.241. The third-order valence-corrected chi connectivity index (χ3v) is 3.87. The zero-order valence-corrected chi connectivity index (χ0v) is 13.5. The summed E-state index contributed by atoms with van der Waals surface area (Å²) in [4.78, 5) is 9.14. The number of aliphatic imine (C=N–C) groups is 1. The van der Waals surface area contributed by atoms with Crippen LogP contribution in [-0.4, -0.2) is 20.9 Å². The van der Waals surface area contributed by atoms with Gasteiger partial charge in [0.1, 0.15) is 5.75 Å². The summed E-state index contributed by atoms with van der Waals surface area (Å²) in [6.45, 7) is 5.01. The Hall–Kier alpha value is -2.62. The van der Waals surface area contributed by atoms with Crippen molar-refractivity contribution >= 4 is 23.2 Å². The van der Waals surface area contributed by atoms with Gasteiger partial charge in [-0.2, -0.15) is 0 Å². The minimum atomic E-state index is 0.241. The zero-order valence-electron chi connectivity index (χ0n) is 13.5.